The molecule has 0 saturated heterocycles. The Kier molecular flexibility index (Phi) is 7.14. The van der Waals surface area contributed by atoms with Gasteiger partial charge >= 0.3 is 0 Å². The normalized spacial score (nSPS) is 10.5. The number of hydrogen-bond donors (Lipinski definition) is 2. The van der Waals surface area contributed by atoms with Crippen LogP contribution in [0.2, 0.25) is 10.0 Å². The number of methoxy groups -OCH3 is 1. The first kappa shape index (κ1) is 22.3. The van der Waals surface area contributed by atoms with Crippen LogP contribution in [0.25, 0.3) is 0 Å². The minimum absolute atomic E-state index is 0.0846. The Morgan fingerprint density at radius 1 is 1.30 bits per heavy atom. The predicted molar refractivity (Wildman–Crippen MR) is 125 cm³/mol. The van der Waals surface area contributed by atoms with Crippen LogP contribution >= 0.6 is 51.3 Å². The van der Waals surface area contributed by atoms with Crippen molar-refractivity contribution in [3.8, 4) is 5.75 Å². The van der Waals surface area contributed by atoms with Gasteiger partial charge in [-0.2, -0.15) is 5.10 Å². The monoisotopic (exact) mass is 529 g/mol. The maximum atomic E-state index is 10.9. The van der Waals surface area contributed by atoms with E-state index in [4.69, 9.17) is 40.2 Å². The topological polar surface area (TPSA) is 94.2 Å². The third-order valence-corrected chi connectivity index (χ3v) is 5.31. The number of nitrogens with zero attached hydrogens (tertiary/aromatic N) is 3. The molecule has 0 amide bonds. The molecule has 0 aliphatic heterocycles. The summed E-state index contributed by atoms with van der Waals surface area (Å²) in [5.41, 5.74) is 1.25. The van der Waals surface area contributed by atoms with Crippen LogP contribution in [0.4, 0.5) is 17.2 Å². The molecule has 3 rings (SSSR count). The van der Waals surface area contributed by atoms with Crippen molar-refractivity contribution >= 4 is 73.7 Å². The lowest BCUT2D eigenvalue weighted by atomic mass is 10.2. The van der Waals surface area contributed by atoms with Crippen molar-refractivity contribution in [2.24, 2.45) is 0 Å². The van der Waals surface area contributed by atoms with Crippen LogP contribution in [0.1, 0.15) is 5.56 Å². The number of anilines is 2. The summed E-state index contributed by atoms with van der Waals surface area (Å²) in [7, 11) is 1.42. The molecule has 2 N–H and O–H groups in total. The number of nitrogens with one attached hydrogen (secondary N) is 2. The van der Waals surface area contributed by atoms with Crippen molar-refractivity contribution < 1.29 is 9.66 Å². The van der Waals surface area contributed by atoms with Gasteiger partial charge in [0, 0.05) is 22.3 Å². The average Bonchev–Trinajstić information content (AvgIpc) is 3.03. The number of ether oxygens (including phenoxy) is 1. The summed E-state index contributed by atoms with van der Waals surface area (Å²) in [4.78, 5) is 10.4. The largest absolute Gasteiger partial charge is 0.494 e. The molecule has 0 saturated carbocycles. The molecule has 0 aliphatic carbocycles. The lowest BCUT2D eigenvalue weighted by Gasteiger charge is -2.12. The molecule has 12 heteroatoms. The van der Waals surface area contributed by atoms with E-state index in [1.807, 2.05) is 6.07 Å². The highest BCUT2D eigenvalue weighted by Gasteiger charge is 2.14. The van der Waals surface area contributed by atoms with Gasteiger partial charge in [0.25, 0.3) is 5.69 Å². The summed E-state index contributed by atoms with van der Waals surface area (Å²) < 4.78 is 7.57. The van der Waals surface area contributed by atoms with Crippen molar-refractivity contribution in [3.63, 3.8) is 0 Å². The first-order valence-electron chi connectivity index (χ1n) is 8.34. The second-order valence-electron chi connectivity index (χ2n) is 5.98. The zero-order valence-electron chi connectivity index (χ0n) is 15.4. The summed E-state index contributed by atoms with van der Waals surface area (Å²) in [6.07, 6.45) is 1.78. The van der Waals surface area contributed by atoms with E-state index >= 15 is 0 Å². The van der Waals surface area contributed by atoms with Gasteiger partial charge in [-0.1, -0.05) is 29.3 Å². The third kappa shape index (κ3) is 5.39. The first-order chi connectivity index (χ1) is 14.3. The van der Waals surface area contributed by atoms with Crippen LogP contribution < -0.4 is 15.4 Å². The van der Waals surface area contributed by atoms with Gasteiger partial charge in [-0.3, -0.25) is 14.8 Å². The molecule has 2 aromatic carbocycles. The minimum atomic E-state index is -0.500. The molecular formula is C18H14BrCl2N5O3S. The fourth-order valence-corrected chi connectivity index (χ4v) is 3.63. The van der Waals surface area contributed by atoms with Gasteiger partial charge in [0.05, 0.1) is 34.8 Å². The second kappa shape index (κ2) is 9.61. The number of thiocarbonyl (C=S) groups is 1. The molecule has 0 unspecified atom stereocenters. The van der Waals surface area contributed by atoms with Crippen molar-refractivity contribution in [2.75, 3.05) is 17.7 Å². The molecule has 156 valence electrons. The van der Waals surface area contributed by atoms with Gasteiger partial charge in [0.15, 0.2) is 10.9 Å². The first-order valence-corrected chi connectivity index (χ1v) is 10.3. The fourth-order valence-electron chi connectivity index (χ4n) is 2.55. The Hall–Kier alpha value is -2.40. The van der Waals surface area contributed by atoms with Gasteiger partial charge in [0.2, 0.25) is 0 Å². The lowest BCUT2D eigenvalue weighted by Crippen LogP contribution is -2.20. The van der Waals surface area contributed by atoms with E-state index < -0.39 is 4.92 Å². The second-order valence-corrected chi connectivity index (χ2v) is 8.09. The molecule has 0 atom stereocenters. The van der Waals surface area contributed by atoms with Gasteiger partial charge in [0.1, 0.15) is 5.75 Å². The molecule has 0 aliphatic rings. The van der Waals surface area contributed by atoms with Crippen molar-refractivity contribution in [2.45, 2.75) is 6.54 Å². The predicted octanol–water partition coefficient (Wildman–Crippen LogP) is 5.73. The molecule has 1 aromatic heterocycles. The molecular weight excluding hydrogens is 517 g/mol. The Morgan fingerprint density at radius 2 is 2.07 bits per heavy atom. The van der Waals surface area contributed by atoms with Gasteiger partial charge in [-0.05, 0) is 51.9 Å². The highest BCUT2D eigenvalue weighted by Crippen LogP contribution is 2.29. The number of aromatic nitrogens is 2. The van der Waals surface area contributed by atoms with Crippen LogP contribution in [0.3, 0.4) is 0 Å². The standard InChI is InChI=1S/C18H14BrCl2N5O3S/c1-29-16-7-12(26(27)28)4-5-15(16)22-18(30)23-17-13(19)9-25(24-17)8-10-2-3-11(20)6-14(10)21/h2-7,9H,8H2,1H3,(H2,22,23,24,30). The number of nitro groups is 1. The number of non-ortho nitro benzene ring substituents is 1. The van der Waals surface area contributed by atoms with E-state index in [1.54, 1.807) is 23.0 Å². The van der Waals surface area contributed by atoms with E-state index in [1.165, 1.54) is 25.3 Å². The zero-order chi connectivity index (χ0) is 21.8. The maximum absolute atomic E-state index is 10.9. The van der Waals surface area contributed by atoms with Gasteiger partial charge in [-0.15, -0.1) is 0 Å². The molecule has 3 aromatic rings. The Bertz CT molecular complexity index is 1130. The fraction of sp³-hybridized carbons (Fsp3) is 0.111. The molecule has 0 radical (unpaired) electrons. The summed E-state index contributed by atoms with van der Waals surface area (Å²) in [5, 5.41) is 22.6. The highest BCUT2D eigenvalue weighted by atomic mass is 79.9. The van der Waals surface area contributed by atoms with Gasteiger partial charge < -0.3 is 15.4 Å². The van der Waals surface area contributed by atoms with E-state index in [2.05, 4.69) is 31.7 Å². The summed E-state index contributed by atoms with van der Waals surface area (Å²) in [5.74, 6) is 0.772. The Labute approximate surface area is 195 Å². The highest BCUT2D eigenvalue weighted by molar-refractivity contribution is 9.10. The van der Waals surface area contributed by atoms with E-state index in [0.717, 1.165) is 5.56 Å². The molecule has 30 heavy (non-hydrogen) atoms. The SMILES string of the molecule is COc1cc([N+](=O)[O-])ccc1NC(=S)Nc1nn(Cc2ccc(Cl)cc2Cl)cc1Br. The molecule has 8 nitrogen and oxygen atoms in total. The average molecular weight is 531 g/mol. The van der Waals surface area contributed by atoms with E-state index in [-0.39, 0.29) is 16.5 Å². The number of rotatable bonds is 6. The number of benzene rings is 2. The van der Waals surface area contributed by atoms with Crippen molar-refractivity contribution in [3.05, 3.63) is 72.8 Å². The summed E-state index contributed by atoms with van der Waals surface area (Å²) >= 11 is 20.9. The van der Waals surface area contributed by atoms with Crippen LogP contribution in [-0.2, 0) is 6.54 Å². The van der Waals surface area contributed by atoms with Crippen LogP contribution in [0.5, 0.6) is 5.75 Å². The van der Waals surface area contributed by atoms with Crippen LogP contribution in [0, 0.1) is 10.1 Å². The molecule has 1 heterocycles. The lowest BCUT2D eigenvalue weighted by molar-refractivity contribution is -0.384. The zero-order valence-corrected chi connectivity index (χ0v) is 19.3. The minimum Gasteiger partial charge on any atom is -0.494 e. The maximum Gasteiger partial charge on any atom is 0.273 e. The molecule has 0 fully saturated rings. The summed E-state index contributed by atoms with van der Waals surface area (Å²) in [6, 6.07) is 9.45. The smallest absolute Gasteiger partial charge is 0.273 e. The number of nitro benzene ring substituents is 1. The van der Waals surface area contributed by atoms with E-state index in [9.17, 15) is 10.1 Å². The molecule has 0 spiro atoms. The Morgan fingerprint density at radius 3 is 2.73 bits per heavy atom. The number of halogens is 3. The van der Waals surface area contributed by atoms with Crippen LogP contribution in [-0.4, -0.2) is 26.9 Å². The Balaban J connectivity index is 1.71. The summed E-state index contributed by atoms with van der Waals surface area (Å²) in [6.45, 7) is 0.437. The van der Waals surface area contributed by atoms with E-state index in [0.29, 0.717) is 32.6 Å². The van der Waals surface area contributed by atoms with Crippen molar-refractivity contribution in [1.82, 2.24) is 9.78 Å². The third-order valence-electron chi connectivity index (χ3n) is 3.94. The van der Waals surface area contributed by atoms with Gasteiger partial charge in [-0.25, -0.2) is 0 Å². The quantitative estimate of drug-likeness (QED) is 0.239. The van der Waals surface area contributed by atoms with Crippen LogP contribution in [0.15, 0.2) is 47.1 Å². The number of hydrogen-bond acceptors (Lipinski definition) is 5. The van der Waals surface area contributed by atoms with Crippen molar-refractivity contribution in [1.29, 1.82) is 0 Å². The molecule has 0 bridgehead atoms.